The minimum Gasteiger partial charge on any atom is -0.382 e. The fraction of sp³-hybridized carbons (Fsp3) is 0.105. The maximum Gasteiger partial charge on any atom is 0.240 e. The molecule has 0 saturated carbocycles. The molecule has 4 N–H and O–H groups in total. The second kappa shape index (κ2) is 7.92. The molecule has 1 heterocycles. The minimum atomic E-state index is -1.27. The smallest absolute Gasteiger partial charge is 0.240 e. The molecule has 1 aromatic heterocycles. The highest BCUT2D eigenvalue weighted by Gasteiger charge is 2.31. The number of halogens is 3. The van der Waals surface area contributed by atoms with Crippen LogP contribution in [0.25, 0.3) is 0 Å². The Hall–Kier alpha value is -3.40. The lowest BCUT2D eigenvalue weighted by atomic mass is 10.1. The molecule has 0 fully saturated rings. The van der Waals surface area contributed by atoms with Crippen LogP contribution in [-0.2, 0) is 4.79 Å². The zero-order valence-corrected chi connectivity index (χ0v) is 15.8. The standard InChI is InChI=1S/C19H15F3N4O2S/c1-9(18(24)28)26(14-12(21)7-11(20)8-13(14)22)19-25-17(23)16(29-19)15(27)10-5-3-2-4-6-10/h2-9H,23H2,1H3,(H2,24,28). The molecule has 0 aliphatic rings. The van der Waals surface area contributed by atoms with E-state index < -0.39 is 40.9 Å². The molecule has 150 valence electrons. The summed E-state index contributed by atoms with van der Waals surface area (Å²) in [4.78, 5) is 29.4. The highest BCUT2D eigenvalue weighted by Crippen LogP contribution is 2.38. The van der Waals surface area contributed by atoms with Crippen LogP contribution in [0.2, 0.25) is 0 Å². The molecule has 6 nitrogen and oxygen atoms in total. The van der Waals surface area contributed by atoms with Crippen molar-refractivity contribution >= 4 is 39.7 Å². The van der Waals surface area contributed by atoms with Crippen molar-refractivity contribution in [3.63, 3.8) is 0 Å². The number of ketones is 1. The summed E-state index contributed by atoms with van der Waals surface area (Å²) >= 11 is 0.738. The predicted molar refractivity (Wildman–Crippen MR) is 104 cm³/mol. The molecule has 2 aromatic carbocycles. The van der Waals surface area contributed by atoms with Gasteiger partial charge < -0.3 is 16.4 Å². The van der Waals surface area contributed by atoms with Gasteiger partial charge in [-0.25, -0.2) is 18.2 Å². The van der Waals surface area contributed by atoms with Gasteiger partial charge in [0.05, 0.1) is 0 Å². The van der Waals surface area contributed by atoms with Crippen molar-refractivity contribution in [2.75, 3.05) is 10.6 Å². The van der Waals surface area contributed by atoms with E-state index in [2.05, 4.69) is 4.98 Å². The molecule has 10 heteroatoms. The summed E-state index contributed by atoms with van der Waals surface area (Å²) < 4.78 is 42.1. The molecule has 1 amide bonds. The quantitative estimate of drug-likeness (QED) is 0.595. The maximum atomic E-state index is 14.4. The molecule has 1 unspecified atom stereocenters. The van der Waals surface area contributed by atoms with E-state index in [4.69, 9.17) is 11.5 Å². The third kappa shape index (κ3) is 3.92. The van der Waals surface area contributed by atoms with E-state index in [0.29, 0.717) is 17.7 Å². The van der Waals surface area contributed by atoms with Crippen LogP contribution in [0.15, 0.2) is 42.5 Å². The number of carbonyl (C=O) groups excluding carboxylic acids is 2. The number of nitrogens with two attached hydrogens (primary N) is 2. The Balaban J connectivity index is 2.14. The second-order valence-corrected chi connectivity index (χ2v) is 7.05. The maximum absolute atomic E-state index is 14.4. The third-order valence-corrected chi connectivity index (χ3v) is 5.18. The molecule has 0 bridgehead atoms. The van der Waals surface area contributed by atoms with Crippen molar-refractivity contribution in [3.8, 4) is 0 Å². The van der Waals surface area contributed by atoms with Crippen LogP contribution in [0.1, 0.15) is 22.2 Å². The molecular weight excluding hydrogens is 405 g/mol. The summed E-state index contributed by atoms with van der Waals surface area (Å²) in [5.74, 6) is -5.20. The number of carbonyl (C=O) groups is 2. The van der Waals surface area contributed by atoms with E-state index in [9.17, 15) is 22.8 Å². The number of thiazole rings is 1. The van der Waals surface area contributed by atoms with Gasteiger partial charge in [-0.15, -0.1) is 0 Å². The van der Waals surface area contributed by atoms with Gasteiger partial charge >= 0.3 is 0 Å². The first kappa shape index (κ1) is 20.3. The van der Waals surface area contributed by atoms with Gasteiger partial charge in [0.1, 0.15) is 28.2 Å². The second-order valence-electron chi connectivity index (χ2n) is 6.07. The molecule has 0 aliphatic heterocycles. The number of benzene rings is 2. The molecule has 0 spiro atoms. The highest BCUT2D eigenvalue weighted by atomic mass is 32.1. The van der Waals surface area contributed by atoms with E-state index in [-0.39, 0.29) is 15.8 Å². The highest BCUT2D eigenvalue weighted by molar-refractivity contribution is 7.18. The Morgan fingerprint density at radius 2 is 1.69 bits per heavy atom. The van der Waals surface area contributed by atoms with Gasteiger partial charge in [-0.3, -0.25) is 9.59 Å². The lowest BCUT2D eigenvalue weighted by Crippen LogP contribution is -2.40. The number of aromatic nitrogens is 1. The summed E-state index contributed by atoms with van der Waals surface area (Å²) in [6, 6.07) is 7.86. The fourth-order valence-corrected chi connectivity index (χ4v) is 3.69. The van der Waals surface area contributed by atoms with Crippen LogP contribution in [0, 0.1) is 17.5 Å². The van der Waals surface area contributed by atoms with Crippen molar-refractivity contribution in [1.82, 2.24) is 4.98 Å². The molecule has 29 heavy (non-hydrogen) atoms. The average molecular weight is 420 g/mol. The molecule has 0 radical (unpaired) electrons. The van der Waals surface area contributed by atoms with Crippen LogP contribution in [-0.4, -0.2) is 22.7 Å². The van der Waals surface area contributed by atoms with Crippen molar-refractivity contribution in [2.45, 2.75) is 13.0 Å². The summed E-state index contributed by atoms with van der Waals surface area (Å²) in [6.45, 7) is 1.29. The Morgan fingerprint density at radius 3 is 2.24 bits per heavy atom. The van der Waals surface area contributed by atoms with E-state index in [1.165, 1.54) is 6.92 Å². The SMILES string of the molecule is CC(C(N)=O)N(c1nc(N)c(C(=O)c2ccccc2)s1)c1c(F)cc(F)cc1F. The predicted octanol–water partition coefficient (Wildman–Crippen LogP) is 3.39. The van der Waals surface area contributed by atoms with Crippen molar-refractivity contribution in [1.29, 1.82) is 0 Å². The number of hydrogen-bond acceptors (Lipinski definition) is 6. The molecule has 1 atom stereocenters. The van der Waals surface area contributed by atoms with E-state index in [0.717, 1.165) is 16.2 Å². The first-order chi connectivity index (χ1) is 13.7. The first-order valence-corrected chi connectivity index (χ1v) is 9.11. The summed E-state index contributed by atoms with van der Waals surface area (Å²) in [6.07, 6.45) is 0. The lowest BCUT2D eigenvalue weighted by molar-refractivity contribution is -0.118. The van der Waals surface area contributed by atoms with Gasteiger partial charge in [0.2, 0.25) is 11.7 Å². The number of rotatable bonds is 6. The Kier molecular flexibility index (Phi) is 5.55. The van der Waals surface area contributed by atoms with Gasteiger partial charge in [0, 0.05) is 17.7 Å². The number of amides is 1. The van der Waals surface area contributed by atoms with E-state index in [1.807, 2.05) is 0 Å². The average Bonchev–Trinajstić information content (AvgIpc) is 3.05. The van der Waals surface area contributed by atoms with Crippen molar-refractivity contribution in [2.24, 2.45) is 5.73 Å². The zero-order valence-electron chi connectivity index (χ0n) is 15.0. The monoisotopic (exact) mass is 420 g/mol. The molecule has 3 rings (SSSR count). The largest absolute Gasteiger partial charge is 0.382 e. The Labute approximate surface area is 167 Å². The number of nitrogens with zero attached hydrogens (tertiary/aromatic N) is 2. The molecule has 3 aromatic rings. The van der Waals surface area contributed by atoms with Crippen LogP contribution < -0.4 is 16.4 Å². The Morgan fingerprint density at radius 1 is 1.10 bits per heavy atom. The zero-order chi connectivity index (χ0) is 21.3. The summed E-state index contributed by atoms with van der Waals surface area (Å²) in [5.41, 5.74) is 10.8. The topological polar surface area (TPSA) is 102 Å². The van der Waals surface area contributed by atoms with E-state index >= 15 is 0 Å². The molecular formula is C19H15F3N4O2S. The number of primary amides is 1. The third-order valence-electron chi connectivity index (χ3n) is 4.11. The number of anilines is 3. The lowest BCUT2D eigenvalue weighted by Gasteiger charge is -2.27. The first-order valence-electron chi connectivity index (χ1n) is 8.29. The van der Waals surface area contributed by atoms with Crippen LogP contribution in [0.3, 0.4) is 0 Å². The van der Waals surface area contributed by atoms with Crippen molar-refractivity contribution in [3.05, 3.63) is 70.4 Å². The van der Waals surface area contributed by atoms with Gasteiger partial charge in [-0.2, -0.15) is 0 Å². The molecule has 0 aliphatic carbocycles. The van der Waals surface area contributed by atoms with Gasteiger partial charge in [0.25, 0.3) is 0 Å². The fourth-order valence-electron chi connectivity index (χ4n) is 2.65. The Bertz CT molecular complexity index is 1070. The minimum absolute atomic E-state index is 0.0239. The number of hydrogen-bond donors (Lipinski definition) is 2. The van der Waals surface area contributed by atoms with Gasteiger partial charge in [0.15, 0.2) is 16.8 Å². The van der Waals surface area contributed by atoms with Crippen LogP contribution in [0.5, 0.6) is 0 Å². The van der Waals surface area contributed by atoms with Crippen LogP contribution >= 0.6 is 11.3 Å². The van der Waals surface area contributed by atoms with Gasteiger partial charge in [-0.05, 0) is 6.92 Å². The summed E-state index contributed by atoms with van der Waals surface area (Å²) in [7, 11) is 0. The molecule has 0 saturated heterocycles. The normalized spacial score (nSPS) is 11.9. The summed E-state index contributed by atoms with van der Waals surface area (Å²) in [5, 5.41) is -0.141. The number of nitrogen functional groups attached to an aromatic ring is 1. The van der Waals surface area contributed by atoms with Gasteiger partial charge in [-0.1, -0.05) is 41.7 Å². The van der Waals surface area contributed by atoms with E-state index in [1.54, 1.807) is 30.3 Å². The van der Waals surface area contributed by atoms with Crippen molar-refractivity contribution < 1.29 is 22.8 Å². The van der Waals surface area contributed by atoms with Crippen LogP contribution in [0.4, 0.5) is 29.8 Å².